The number of thioether (sulfide) groups is 1. The molecule has 1 heterocycles. The molecule has 1 fully saturated rings. The highest BCUT2D eigenvalue weighted by atomic mass is 79.9. The zero-order valence-electron chi connectivity index (χ0n) is 18.4. The fourth-order valence-electron chi connectivity index (χ4n) is 3.09. The van der Waals surface area contributed by atoms with E-state index in [1.54, 1.807) is 37.5 Å². The first-order valence-electron chi connectivity index (χ1n) is 10.6. The number of nitrogens with zero attached hydrogens (tertiary/aromatic N) is 1. The SMILES string of the molecule is CCCCCCOc1ccc(/C=C2\SC(=S)N(NC(=O)c3ccc(Br)cc3)C2=O)cc1OC. The van der Waals surface area contributed by atoms with Gasteiger partial charge in [0.05, 0.1) is 18.6 Å². The Labute approximate surface area is 211 Å². The van der Waals surface area contributed by atoms with Crippen molar-refractivity contribution in [1.82, 2.24) is 10.4 Å². The number of nitrogens with one attached hydrogen (secondary N) is 1. The van der Waals surface area contributed by atoms with Crippen molar-refractivity contribution in [1.29, 1.82) is 0 Å². The number of halogens is 1. The third kappa shape index (κ3) is 6.82. The van der Waals surface area contributed by atoms with Gasteiger partial charge in [-0.2, -0.15) is 5.01 Å². The molecule has 6 nitrogen and oxygen atoms in total. The number of carbonyl (C=O) groups is 2. The Morgan fingerprint density at radius 3 is 2.61 bits per heavy atom. The molecular formula is C24H25BrN2O4S2. The van der Waals surface area contributed by atoms with E-state index in [1.807, 2.05) is 18.2 Å². The molecule has 3 rings (SSSR count). The molecule has 33 heavy (non-hydrogen) atoms. The van der Waals surface area contributed by atoms with E-state index in [0.717, 1.165) is 39.6 Å². The van der Waals surface area contributed by atoms with Gasteiger partial charge in [0.1, 0.15) is 0 Å². The van der Waals surface area contributed by atoms with Gasteiger partial charge in [0.2, 0.25) is 0 Å². The van der Waals surface area contributed by atoms with Crippen molar-refractivity contribution in [2.24, 2.45) is 0 Å². The second-order valence-electron chi connectivity index (χ2n) is 7.28. The zero-order chi connectivity index (χ0) is 23.8. The third-order valence-corrected chi connectivity index (χ3v) is 6.69. The van der Waals surface area contributed by atoms with Crippen LogP contribution in [0.5, 0.6) is 11.5 Å². The van der Waals surface area contributed by atoms with Crippen molar-refractivity contribution in [3.05, 3.63) is 63.0 Å². The summed E-state index contributed by atoms with van der Waals surface area (Å²) in [6.07, 6.45) is 6.22. The monoisotopic (exact) mass is 548 g/mol. The van der Waals surface area contributed by atoms with E-state index in [2.05, 4.69) is 28.3 Å². The molecule has 2 aromatic rings. The molecule has 0 atom stereocenters. The fraction of sp³-hybridized carbons (Fsp3) is 0.292. The van der Waals surface area contributed by atoms with Crippen LogP contribution in [0.3, 0.4) is 0 Å². The summed E-state index contributed by atoms with van der Waals surface area (Å²) < 4.78 is 12.4. The van der Waals surface area contributed by atoms with Crippen molar-refractivity contribution in [3.63, 3.8) is 0 Å². The number of hydrogen-bond acceptors (Lipinski definition) is 6. The molecule has 1 N–H and O–H groups in total. The number of rotatable bonds is 10. The Bertz CT molecular complexity index is 1060. The number of carbonyl (C=O) groups excluding carboxylic acids is 2. The smallest absolute Gasteiger partial charge is 0.285 e. The van der Waals surface area contributed by atoms with Gasteiger partial charge < -0.3 is 9.47 Å². The standard InChI is InChI=1S/C24H25BrN2O4S2/c1-3-4-5-6-13-31-19-12-7-16(14-20(19)30-2)15-21-23(29)27(24(32)33-21)26-22(28)17-8-10-18(25)11-9-17/h7-12,14-15H,3-6,13H2,1-2H3,(H,26,28)/b21-15-. The number of amides is 2. The maximum absolute atomic E-state index is 12.9. The Kier molecular flexibility index (Phi) is 9.34. The van der Waals surface area contributed by atoms with Crippen LogP contribution in [-0.2, 0) is 4.79 Å². The van der Waals surface area contributed by atoms with Gasteiger partial charge >= 0.3 is 0 Å². The lowest BCUT2D eigenvalue weighted by Crippen LogP contribution is -2.44. The van der Waals surface area contributed by atoms with Crippen LogP contribution in [0.4, 0.5) is 0 Å². The lowest BCUT2D eigenvalue weighted by Gasteiger charge is -2.15. The van der Waals surface area contributed by atoms with Crippen molar-refractivity contribution >= 4 is 62.1 Å². The van der Waals surface area contributed by atoms with E-state index in [9.17, 15) is 9.59 Å². The molecule has 0 aliphatic carbocycles. The lowest BCUT2D eigenvalue weighted by molar-refractivity contribution is -0.123. The largest absolute Gasteiger partial charge is 0.493 e. The summed E-state index contributed by atoms with van der Waals surface area (Å²) in [4.78, 5) is 25.8. The summed E-state index contributed by atoms with van der Waals surface area (Å²) in [5.41, 5.74) is 3.77. The maximum atomic E-state index is 12.9. The van der Waals surface area contributed by atoms with Crippen LogP contribution in [-0.4, -0.2) is 34.9 Å². The van der Waals surface area contributed by atoms with E-state index in [1.165, 1.54) is 12.8 Å². The number of hydrazine groups is 1. The summed E-state index contributed by atoms with van der Waals surface area (Å²) in [6.45, 7) is 2.80. The number of methoxy groups -OCH3 is 1. The van der Waals surface area contributed by atoms with Gasteiger partial charge in [-0.25, -0.2) is 0 Å². The summed E-state index contributed by atoms with van der Waals surface area (Å²) in [6, 6.07) is 12.3. The number of ether oxygens (including phenoxy) is 2. The third-order valence-electron chi connectivity index (χ3n) is 4.85. The first kappa shape index (κ1) is 25.3. The Morgan fingerprint density at radius 1 is 1.15 bits per heavy atom. The molecule has 0 unspecified atom stereocenters. The molecule has 1 saturated heterocycles. The van der Waals surface area contributed by atoms with Crippen LogP contribution in [0.25, 0.3) is 6.08 Å². The van der Waals surface area contributed by atoms with Gasteiger partial charge in [0.15, 0.2) is 15.8 Å². The molecule has 1 aliphatic heterocycles. The average Bonchev–Trinajstić information content (AvgIpc) is 3.07. The van der Waals surface area contributed by atoms with Crippen LogP contribution in [0, 0.1) is 0 Å². The number of hydrogen-bond donors (Lipinski definition) is 1. The first-order valence-corrected chi connectivity index (χ1v) is 12.6. The predicted octanol–water partition coefficient (Wildman–Crippen LogP) is 5.96. The molecule has 0 radical (unpaired) electrons. The van der Waals surface area contributed by atoms with E-state index < -0.39 is 5.91 Å². The van der Waals surface area contributed by atoms with Gasteiger partial charge in [0, 0.05) is 10.0 Å². The molecule has 0 bridgehead atoms. The molecule has 1 aliphatic rings. The van der Waals surface area contributed by atoms with Gasteiger partial charge in [-0.1, -0.05) is 59.9 Å². The highest BCUT2D eigenvalue weighted by Crippen LogP contribution is 2.34. The minimum Gasteiger partial charge on any atom is -0.493 e. The van der Waals surface area contributed by atoms with Crippen molar-refractivity contribution < 1.29 is 19.1 Å². The molecule has 0 saturated carbocycles. The highest BCUT2D eigenvalue weighted by Gasteiger charge is 2.33. The Morgan fingerprint density at radius 2 is 1.91 bits per heavy atom. The van der Waals surface area contributed by atoms with Crippen LogP contribution in [0.1, 0.15) is 48.5 Å². The van der Waals surface area contributed by atoms with Gasteiger partial charge in [-0.05, 0) is 66.7 Å². The van der Waals surface area contributed by atoms with Crippen LogP contribution < -0.4 is 14.9 Å². The molecule has 0 aromatic heterocycles. The van der Waals surface area contributed by atoms with Crippen LogP contribution >= 0.6 is 39.9 Å². The van der Waals surface area contributed by atoms with E-state index in [4.69, 9.17) is 21.7 Å². The minimum absolute atomic E-state index is 0.260. The predicted molar refractivity (Wildman–Crippen MR) is 139 cm³/mol. The molecule has 2 aromatic carbocycles. The van der Waals surface area contributed by atoms with Crippen molar-refractivity contribution in [2.45, 2.75) is 32.6 Å². The highest BCUT2D eigenvalue weighted by molar-refractivity contribution is 9.10. The fourth-order valence-corrected chi connectivity index (χ4v) is 4.53. The molecule has 2 amide bonds. The molecule has 174 valence electrons. The average molecular weight is 550 g/mol. The normalized spacial score (nSPS) is 14.6. The minimum atomic E-state index is -0.415. The number of benzene rings is 2. The van der Waals surface area contributed by atoms with Crippen LogP contribution in [0.15, 0.2) is 51.8 Å². The van der Waals surface area contributed by atoms with Crippen molar-refractivity contribution in [3.8, 4) is 11.5 Å². The van der Waals surface area contributed by atoms with E-state index in [-0.39, 0.29) is 10.2 Å². The second-order valence-corrected chi connectivity index (χ2v) is 9.88. The van der Waals surface area contributed by atoms with E-state index in [0.29, 0.717) is 28.6 Å². The summed E-state index contributed by atoms with van der Waals surface area (Å²) in [5.74, 6) is 0.464. The van der Waals surface area contributed by atoms with E-state index >= 15 is 0 Å². The molecule has 0 spiro atoms. The van der Waals surface area contributed by atoms with Gasteiger partial charge in [0.25, 0.3) is 11.8 Å². The zero-order valence-corrected chi connectivity index (χ0v) is 21.6. The van der Waals surface area contributed by atoms with Crippen molar-refractivity contribution in [2.75, 3.05) is 13.7 Å². The summed E-state index contributed by atoms with van der Waals surface area (Å²) in [5, 5.41) is 1.10. The first-order chi connectivity index (χ1) is 15.9. The summed E-state index contributed by atoms with van der Waals surface area (Å²) in [7, 11) is 1.58. The van der Waals surface area contributed by atoms with Crippen LogP contribution in [0.2, 0.25) is 0 Å². The summed E-state index contributed by atoms with van der Waals surface area (Å²) >= 11 is 9.77. The molecular weight excluding hydrogens is 524 g/mol. The molecule has 9 heteroatoms. The maximum Gasteiger partial charge on any atom is 0.285 e. The Hall–Kier alpha value is -2.36. The van der Waals surface area contributed by atoms with Gasteiger partial charge in [-0.15, -0.1) is 0 Å². The number of thiocarbonyl (C=S) groups is 1. The Balaban J connectivity index is 1.67. The number of unbranched alkanes of at least 4 members (excludes halogenated alkanes) is 3. The quantitative estimate of drug-likeness (QED) is 0.224. The second kappa shape index (κ2) is 12.2. The van der Waals surface area contributed by atoms with Gasteiger partial charge in [-0.3, -0.25) is 15.0 Å². The topological polar surface area (TPSA) is 67.9 Å². The lowest BCUT2D eigenvalue weighted by atomic mass is 10.2.